The molecular formula is C20H12ClF3N2O2. The fraction of sp³-hybridized carbons (Fsp3) is 0. The number of carbonyl (C=O) groups is 2. The molecule has 28 heavy (non-hydrogen) atoms. The van der Waals surface area contributed by atoms with Crippen molar-refractivity contribution < 1.29 is 22.8 Å². The Kier molecular flexibility index (Phi) is 5.65. The largest absolute Gasteiger partial charge is 0.322 e. The first-order valence-corrected chi connectivity index (χ1v) is 8.35. The molecule has 0 aliphatic carbocycles. The van der Waals surface area contributed by atoms with E-state index in [4.69, 9.17) is 11.6 Å². The molecule has 4 nitrogen and oxygen atoms in total. The minimum Gasteiger partial charge on any atom is -0.322 e. The lowest BCUT2D eigenvalue weighted by Gasteiger charge is -2.11. The molecule has 0 unspecified atom stereocenters. The van der Waals surface area contributed by atoms with Gasteiger partial charge in [-0.3, -0.25) is 9.59 Å². The first-order chi connectivity index (χ1) is 13.4. The average molecular weight is 405 g/mol. The summed E-state index contributed by atoms with van der Waals surface area (Å²) in [7, 11) is 0. The number of anilines is 2. The van der Waals surface area contributed by atoms with Crippen molar-refractivity contribution in [3.8, 4) is 0 Å². The number of nitrogens with one attached hydrogen (secondary N) is 2. The highest BCUT2D eigenvalue weighted by atomic mass is 35.5. The van der Waals surface area contributed by atoms with Crippen LogP contribution in [0.1, 0.15) is 20.7 Å². The Morgan fingerprint density at radius 3 is 2.18 bits per heavy atom. The maximum atomic E-state index is 13.7. The molecule has 0 heterocycles. The first-order valence-electron chi connectivity index (χ1n) is 7.97. The van der Waals surface area contributed by atoms with Crippen LogP contribution in [0, 0.1) is 17.5 Å². The van der Waals surface area contributed by atoms with Gasteiger partial charge in [0.1, 0.15) is 0 Å². The third-order valence-corrected chi connectivity index (χ3v) is 4.10. The maximum Gasteiger partial charge on any atom is 0.258 e. The molecule has 0 saturated heterocycles. The molecule has 0 spiro atoms. The Balaban J connectivity index is 1.75. The molecule has 2 amide bonds. The molecule has 0 fully saturated rings. The summed E-state index contributed by atoms with van der Waals surface area (Å²) in [5.41, 5.74) is 0.255. The van der Waals surface area contributed by atoms with E-state index < -0.39 is 28.9 Å². The van der Waals surface area contributed by atoms with Crippen molar-refractivity contribution in [1.29, 1.82) is 0 Å². The summed E-state index contributed by atoms with van der Waals surface area (Å²) in [5, 5.41) is 5.08. The van der Waals surface area contributed by atoms with Crippen molar-refractivity contribution >= 4 is 34.8 Å². The third kappa shape index (κ3) is 4.15. The van der Waals surface area contributed by atoms with Crippen LogP contribution < -0.4 is 10.6 Å². The smallest absolute Gasteiger partial charge is 0.258 e. The fourth-order valence-corrected chi connectivity index (χ4v) is 2.61. The van der Waals surface area contributed by atoms with Crippen LogP contribution in [0.3, 0.4) is 0 Å². The monoisotopic (exact) mass is 404 g/mol. The second-order valence-corrected chi connectivity index (χ2v) is 6.10. The summed E-state index contributed by atoms with van der Waals surface area (Å²) in [6.45, 7) is 0. The van der Waals surface area contributed by atoms with Gasteiger partial charge < -0.3 is 10.6 Å². The molecule has 0 aliphatic heterocycles. The lowest BCUT2D eigenvalue weighted by atomic mass is 10.1. The number of hydrogen-bond donors (Lipinski definition) is 2. The van der Waals surface area contributed by atoms with E-state index in [9.17, 15) is 22.8 Å². The number of hydrogen-bond acceptors (Lipinski definition) is 2. The summed E-state index contributed by atoms with van der Waals surface area (Å²) in [4.78, 5) is 24.3. The molecular weight excluding hydrogens is 393 g/mol. The van der Waals surface area contributed by atoms with Crippen molar-refractivity contribution in [2.75, 3.05) is 10.6 Å². The van der Waals surface area contributed by atoms with Gasteiger partial charge in [-0.25, -0.2) is 13.2 Å². The van der Waals surface area contributed by atoms with Gasteiger partial charge in [0.25, 0.3) is 11.8 Å². The molecule has 142 valence electrons. The zero-order valence-corrected chi connectivity index (χ0v) is 14.9. The topological polar surface area (TPSA) is 58.2 Å². The Labute approximate surface area is 162 Å². The number of carbonyl (C=O) groups excluding carboxylic acids is 2. The van der Waals surface area contributed by atoms with E-state index in [1.165, 1.54) is 18.2 Å². The molecule has 3 aromatic carbocycles. The predicted molar refractivity (Wildman–Crippen MR) is 100 cm³/mol. The van der Waals surface area contributed by atoms with Crippen LogP contribution in [0.2, 0.25) is 5.02 Å². The maximum absolute atomic E-state index is 13.7. The second kappa shape index (κ2) is 8.14. The Bertz CT molecular complexity index is 1060. The molecule has 3 aromatic rings. The van der Waals surface area contributed by atoms with Crippen LogP contribution in [0.25, 0.3) is 0 Å². The first kappa shape index (κ1) is 19.4. The van der Waals surface area contributed by atoms with Gasteiger partial charge in [0.2, 0.25) is 0 Å². The predicted octanol–water partition coefficient (Wildman–Crippen LogP) is 5.26. The van der Waals surface area contributed by atoms with Gasteiger partial charge in [-0.1, -0.05) is 29.8 Å². The minimum absolute atomic E-state index is 0.118. The molecule has 0 saturated carbocycles. The molecule has 0 bridgehead atoms. The van der Waals surface area contributed by atoms with E-state index in [2.05, 4.69) is 10.6 Å². The lowest BCUT2D eigenvalue weighted by molar-refractivity contribution is 0.101. The Morgan fingerprint density at radius 1 is 0.786 bits per heavy atom. The van der Waals surface area contributed by atoms with E-state index in [0.29, 0.717) is 17.3 Å². The highest BCUT2D eigenvalue weighted by molar-refractivity contribution is 6.34. The SMILES string of the molecule is O=C(Nc1ccc(NC(=O)c2ccc(F)c(F)c2F)cc1Cl)c1ccccc1. The molecule has 0 atom stereocenters. The van der Waals surface area contributed by atoms with Gasteiger partial charge in [-0.05, 0) is 42.5 Å². The summed E-state index contributed by atoms with van der Waals surface area (Å²) in [6, 6.07) is 14.2. The number of rotatable bonds is 4. The Hall–Kier alpha value is -3.32. The minimum atomic E-state index is -1.73. The van der Waals surface area contributed by atoms with Crippen molar-refractivity contribution in [3.63, 3.8) is 0 Å². The summed E-state index contributed by atoms with van der Waals surface area (Å²) in [6.07, 6.45) is 0. The van der Waals surface area contributed by atoms with Gasteiger partial charge in [0.15, 0.2) is 17.5 Å². The van der Waals surface area contributed by atoms with Gasteiger partial charge in [0, 0.05) is 11.3 Å². The van der Waals surface area contributed by atoms with Crippen molar-refractivity contribution in [2.45, 2.75) is 0 Å². The normalized spacial score (nSPS) is 10.4. The molecule has 8 heteroatoms. The van der Waals surface area contributed by atoms with Crippen LogP contribution in [0.4, 0.5) is 24.5 Å². The van der Waals surface area contributed by atoms with Crippen LogP contribution in [0.15, 0.2) is 60.7 Å². The Morgan fingerprint density at radius 2 is 1.50 bits per heavy atom. The van der Waals surface area contributed by atoms with E-state index in [0.717, 1.165) is 6.07 Å². The van der Waals surface area contributed by atoms with Crippen LogP contribution >= 0.6 is 11.6 Å². The van der Waals surface area contributed by atoms with Crippen molar-refractivity contribution in [1.82, 2.24) is 0 Å². The lowest BCUT2D eigenvalue weighted by Crippen LogP contribution is -2.15. The molecule has 0 aromatic heterocycles. The van der Waals surface area contributed by atoms with Crippen LogP contribution in [-0.2, 0) is 0 Å². The zero-order valence-electron chi connectivity index (χ0n) is 14.1. The summed E-state index contributed by atoms with van der Waals surface area (Å²) >= 11 is 6.12. The molecule has 2 N–H and O–H groups in total. The van der Waals surface area contributed by atoms with Crippen molar-refractivity contribution in [2.24, 2.45) is 0 Å². The van der Waals surface area contributed by atoms with E-state index >= 15 is 0 Å². The number of amides is 2. The van der Waals surface area contributed by atoms with Crippen molar-refractivity contribution in [3.05, 3.63) is 94.3 Å². The van der Waals surface area contributed by atoms with Crippen LogP contribution in [-0.4, -0.2) is 11.8 Å². The van der Waals surface area contributed by atoms with Crippen LogP contribution in [0.5, 0.6) is 0 Å². The van der Waals surface area contributed by atoms with Gasteiger partial charge in [-0.15, -0.1) is 0 Å². The van der Waals surface area contributed by atoms with E-state index in [1.54, 1.807) is 30.3 Å². The number of halogens is 4. The summed E-state index contributed by atoms with van der Waals surface area (Å²) < 4.78 is 40.0. The standard InChI is InChI=1S/C20H12ClF3N2O2/c21-14-10-12(25-20(28)13-7-8-15(22)18(24)17(13)23)6-9-16(14)26-19(27)11-4-2-1-3-5-11/h1-10H,(H,25,28)(H,26,27). The van der Waals surface area contributed by atoms with E-state index in [-0.39, 0.29) is 16.6 Å². The van der Waals surface area contributed by atoms with Gasteiger partial charge >= 0.3 is 0 Å². The fourth-order valence-electron chi connectivity index (χ4n) is 2.38. The quantitative estimate of drug-likeness (QED) is 0.582. The number of benzene rings is 3. The average Bonchev–Trinajstić information content (AvgIpc) is 2.69. The molecule has 0 radical (unpaired) electrons. The van der Waals surface area contributed by atoms with Gasteiger partial charge in [0.05, 0.1) is 16.3 Å². The molecule has 3 rings (SSSR count). The summed E-state index contributed by atoms with van der Waals surface area (Å²) in [5.74, 6) is -6.06. The zero-order chi connectivity index (χ0) is 20.3. The third-order valence-electron chi connectivity index (χ3n) is 3.79. The van der Waals surface area contributed by atoms with Gasteiger partial charge in [-0.2, -0.15) is 0 Å². The highest BCUT2D eigenvalue weighted by Gasteiger charge is 2.19. The second-order valence-electron chi connectivity index (χ2n) is 5.69. The highest BCUT2D eigenvalue weighted by Crippen LogP contribution is 2.27. The van der Waals surface area contributed by atoms with E-state index in [1.807, 2.05) is 0 Å². The molecule has 0 aliphatic rings.